The van der Waals surface area contributed by atoms with Gasteiger partial charge in [0.25, 0.3) is 0 Å². The van der Waals surface area contributed by atoms with Crippen LogP contribution in [-0.4, -0.2) is 47.5 Å². The van der Waals surface area contributed by atoms with E-state index in [2.05, 4.69) is 28.8 Å². The second-order valence-corrected chi connectivity index (χ2v) is 8.35. The quantitative estimate of drug-likeness (QED) is 0.272. The summed E-state index contributed by atoms with van der Waals surface area (Å²) in [4.78, 5) is 4.29. The summed E-state index contributed by atoms with van der Waals surface area (Å²) in [6, 6.07) is 17.5. The molecule has 186 valence electrons. The summed E-state index contributed by atoms with van der Waals surface area (Å²) in [5, 5.41) is 15.2. The lowest BCUT2D eigenvalue weighted by molar-refractivity contribution is 0.00164. The van der Waals surface area contributed by atoms with Crippen LogP contribution in [0.4, 0.5) is 5.88 Å². The molecule has 4 aromatic rings. The Hall–Kier alpha value is -3.33. The van der Waals surface area contributed by atoms with Crippen LogP contribution in [0.5, 0.6) is 0 Å². The molecule has 0 radical (unpaired) electrons. The van der Waals surface area contributed by atoms with Crippen LogP contribution in [0.3, 0.4) is 0 Å². The lowest BCUT2D eigenvalue weighted by Gasteiger charge is -2.26. The molecule has 35 heavy (non-hydrogen) atoms. The van der Waals surface area contributed by atoms with Crippen molar-refractivity contribution in [3.05, 3.63) is 84.2 Å². The molecule has 0 saturated heterocycles. The summed E-state index contributed by atoms with van der Waals surface area (Å²) in [5.41, 5.74) is 2.78. The van der Waals surface area contributed by atoms with Gasteiger partial charge in [0.15, 0.2) is 0 Å². The third-order valence-electron chi connectivity index (χ3n) is 5.81. The lowest BCUT2D eigenvalue weighted by Crippen LogP contribution is -2.35. The van der Waals surface area contributed by atoms with Gasteiger partial charge in [-0.15, -0.1) is 0 Å². The lowest BCUT2D eigenvalue weighted by atomic mass is 10.1. The summed E-state index contributed by atoms with van der Waals surface area (Å²) in [5.74, 6) is 2.29. The number of furan rings is 2. The van der Waals surface area contributed by atoms with Gasteiger partial charge >= 0.3 is 0 Å². The number of ether oxygens (including phenoxy) is 1. The van der Waals surface area contributed by atoms with Crippen molar-refractivity contribution in [2.24, 2.45) is 0 Å². The number of rotatable bonds is 14. The molecule has 3 heterocycles. The van der Waals surface area contributed by atoms with Gasteiger partial charge in [-0.25, -0.2) is 0 Å². The van der Waals surface area contributed by atoms with Gasteiger partial charge in [0, 0.05) is 31.7 Å². The Labute approximate surface area is 205 Å². The zero-order chi connectivity index (χ0) is 24.5. The van der Waals surface area contributed by atoms with Crippen molar-refractivity contribution in [2.75, 3.05) is 31.1 Å². The molecule has 4 rings (SSSR count). The molecule has 0 aliphatic carbocycles. The number of nitrogens with zero attached hydrogens (tertiary/aromatic N) is 3. The molecule has 1 atom stereocenters. The van der Waals surface area contributed by atoms with Crippen molar-refractivity contribution in [3.63, 3.8) is 0 Å². The van der Waals surface area contributed by atoms with Crippen molar-refractivity contribution in [1.82, 2.24) is 10.1 Å². The summed E-state index contributed by atoms with van der Waals surface area (Å²) >= 11 is 0. The van der Waals surface area contributed by atoms with Crippen LogP contribution in [0.2, 0.25) is 0 Å². The predicted octanol–water partition coefficient (Wildman–Crippen LogP) is 4.95. The third-order valence-corrected chi connectivity index (χ3v) is 5.81. The maximum Gasteiger partial charge on any atom is 0.232 e. The molecule has 0 spiro atoms. The normalized spacial score (nSPS) is 12.3. The average Bonchev–Trinajstić information content (AvgIpc) is 3.64. The highest BCUT2D eigenvalue weighted by Crippen LogP contribution is 2.33. The first-order valence-corrected chi connectivity index (χ1v) is 12.0. The third kappa shape index (κ3) is 6.63. The van der Waals surface area contributed by atoms with Gasteiger partial charge in [-0.05, 0) is 38.1 Å². The first-order valence-electron chi connectivity index (χ1n) is 12.0. The predicted molar refractivity (Wildman–Crippen MR) is 133 cm³/mol. The minimum absolute atomic E-state index is 0.188. The number of hydrogen-bond acceptors (Lipinski definition) is 8. The van der Waals surface area contributed by atoms with Crippen molar-refractivity contribution in [3.8, 4) is 11.3 Å². The van der Waals surface area contributed by atoms with E-state index >= 15 is 0 Å². The standard InChI is InChI=1S/C27H33N3O5/c1-3-30(4-2)27-25(26(28-35-27)21-10-6-5-7-11-21)18-29(17-23-12-8-14-33-23)16-22(31)19-32-20-24-13-9-15-34-24/h5-15,22,31H,3-4,16-20H2,1-2H3. The largest absolute Gasteiger partial charge is 0.468 e. The van der Waals surface area contributed by atoms with Gasteiger partial charge in [0.2, 0.25) is 5.88 Å². The molecule has 0 bridgehead atoms. The first-order chi connectivity index (χ1) is 17.2. The monoisotopic (exact) mass is 479 g/mol. The van der Waals surface area contributed by atoms with E-state index in [9.17, 15) is 5.11 Å². The summed E-state index contributed by atoms with van der Waals surface area (Å²) in [6.45, 7) is 7.73. The fourth-order valence-electron chi connectivity index (χ4n) is 4.10. The SMILES string of the molecule is CCN(CC)c1onc(-c2ccccc2)c1CN(Cc1ccco1)CC(O)COCc1ccco1. The van der Waals surface area contributed by atoms with Crippen LogP contribution in [0, 0.1) is 0 Å². The number of aromatic nitrogens is 1. The molecule has 1 aromatic carbocycles. The van der Waals surface area contributed by atoms with E-state index in [1.807, 2.05) is 54.6 Å². The Morgan fingerprint density at radius 3 is 2.29 bits per heavy atom. The van der Waals surface area contributed by atoms with Gasteiger partial charge < -0.3 is 28.1 Å². The minimum Gasteiger partial charge on any atom is -0.468 e. The number of benzene rings is 1. The fourth-order valence-corrected chi connectivity index (χ4v) is 4.10. The van der Waals surface area contributed by atoms with E-state index in [-0.39, 0.29) is 6.61 Å². The first kappa shape index (κ1) is 24.8. The summed E-state index contributed by atoms with van der Waals surface area (Å²) < 4.78 is 22.4. The highest BCUT2D eigenvalue weighted by molar-refractivity contribution is 5.68. The topological polar surface area (TPSA) is 88.3 Å². The molecule has 3 aromatic heterocycles. The molecule has 0 aliphatic rings. The van der Waals surface area contributed by atoms with Crippen LogP contribution in [0.1, 0.15) is 30.9 Å². The van der Waals surface area contributed by atoms with E-state index in [1.54, 1.807) is 12.5 Å². The Morgan fingerprint density at radius 1 is 0.914 bits per heavy atom. The maximum atomic E-state index is 10.8. The van der Waals surface area contributed by atoms with Crippen molar-refractivity contribution < 1.29 is 23.2 Å². The van der Waals surface area contributed by atoms with Gasteiger partial charge in [-0.2, -0.15) is 0 Å². The number of anilines is 1. The molecular formula is C27H33N3O5. The van der Waals surface area contributed by atoms with E-state index in [0.29, 0.717) is 26.2 Å². The Morgan fingerprint density at radius 2 is 1.63 bits per heavy atom. The van der Waals surface area contributed by atoms with Crippen LogP contribution in [-0.2, 0) is 24.4 Å². The zero-order valence-corrected chi connectivity index (χ0v) is 20.3. The van der Waals surface area contributed by atoms with Gasteiger partial charge in [0.05, 0.1) is 37.3 Å². The molecule has 8 nitrogen and oxygen atoms in total. The van der Waals surface area contributed by atoms with E-state index in [4.69, 9.17) is 18.1 Å². The molecule has 8 heteroatoms. The molecule has 0 amide bonds. The molecule has 1 N–H and O–H groups in total. The maximum absolute atomic E-state index is 10.8. The number of hydrogen-bond donors (Lipinski definition) is 1. The Bertz CT molecular complexity index is 1110. The van der Waals surface area contributed by atoms with Crippen LogP contribution >= 0.6 is 0 Å². The van der Waals surface area contributed by atoms with Crippen LogP contribution in [0.25, 0.3) is 11.3 Å². The van der Waals surface area contributed by atoms with Crippen molar-refractivity contribution in [1.29, 1.82) is 0 Å². The second-order valence-electron chi connectivity index (χ2n) is 8.35. The Balaban J connectivity index is 1.54. The van der Waals surface area contributed by atoms with E-state index in [1.165, 1.54) is 0 Å². The number of aliphatic hydroxyl groups is 1. The minimum atomic E-state index is -0.697. The molecule has 1 unspecified atom stereocenters. The highest BCUT2D eigenvalue weighted by atomic mass is 16.5. The van der Waals surface area contributed by atoms with Crippen molar-refractivity contribution >= 4 is 5.88 Å². The summed E-state index contributed by atoms with van der Waals surface area (Å²) in [7, 11) is 0. The van der Waals surface area contributed by atoms with Crippen LogP contribution in [0.15, 0.2) is 80.5 Å². The van der Waals surface area contributed by atoms with Gasteiger partial charge in [-0.1, -0.05) is 35.5 Å². The van der Waals surface area contributed by atoms with E-state index in [0.717, 1.165) is 47.3 Å². The zero-order valence-electron chi connectivity index (χ0n) is 20.3. The second kappa shape index (κ2) is 12.4. The fraction of sp³-hybridized carbons (Fsp3) is 0.370. The molecule has 0 aliphatic heterocycles. The van der Waals surface area contributed by atoms with Crippen molar-refractivity contribution in [2.45, 2.75) is 39.6 Å². The van der Waals surface area contributed by atoms with Gasteiger partial charge in [0.1, 0.15) is 23.8 Å². The molecule has 0 saturated carbocycles. The summed E-state index contributed by atoms with van der Waals surface area (Å²) in [6.07, 6.45) is 2.57. The van der Waals surface area contributed by atoms with Crippen LogP contribution < -0.4 is 4.90 Å². The smallest absolute Gasteiger partial charge is 0.232 e. The highest BCUT2D eigenvalue weighted by Gasteiger charge is 2.25. The van der Waals surface area contributed by atoms with E-state index < -0.39 is 6.10 Å². The molecule has 0 fully saturated rings. The Kier molecular flexibility index (Phi) is 8.78. The molecular weight excluding hydrogens is 446 g/mol. The number of aliphatic hydroxyl groups excluding tert-OH is 1. The average molecular weight is 480 g/mol. The van der Waals surface area contributed by atoms with Gasteiger partial charge in [-0.3, -0.25) is 4.90 Å².